The summed E-state index contributed by atoms with van der Waals surface area (Å²) < 4.78 is 26.7. The van der Waals surface area contributed by atoms with Crippen LogP contribution in [0.1, 0.15) is 31.9 Å². The lowest BCUT2D eigenvalue weighted by Crippen LogP contribution is -2.33. The minimum Gasteiger partial charge on any atom is -0.480 e. The molecule has 0 radical (unpaired) electrons. The van der Waals surface area contributed by atoms with Crippen molar-refractivity contribution in [2.24, 2.45) is 0 Å². The van der Waals surface area contributed by atoms with Crippen LogP contribution >= 0.6 is 0 Å². The van der Waals surface area contributed by atoms with Gasteiger partial charge in [0.25, 0.3) is 0 Å². The molecule has 0 spiro atoms. The van der Waals surface area contributed by atoms with Crippen molar-refractivity contribution in [3.63, 3.8) is 0 Å². The molecular formula is C13H17F2NO2. The molecule has 1 unspecified atom stereocenters. The summed E-state index contributed by atoms with van der Waals surface area (Å²) in [6.45, 7) is 3.91. The third-order valence-corrected chi connectivity index (χ3v) is 2.81. The van der Waals surface area contributed by atoms with E-state index in [1.165, 1.54) is 0 Å². The van der Waals surface area contributed by atoms with Crippen LogP contribution in [-0.4, -0.2) is 29.1 Å². The van der Waals surface area contributed by atoms with Gasteiger partial charge in [-0.3, -0.25) is 9.69 Å². The summed E-state index contributed by atoms with van der Waals surface area (Å²) in [6, 6.07) is 2.75. The minimum absolute atomic E-state index is 0.185. The van der Waals surface area contributed by atoms with Crippen LogP contribution in [0.15, 0.2) is 18.2 Å². The maximum Gasteiger partial charge on any atom is 0.317 e. The highest BCUT2D eigenvalue weighted by Gasteiger charge is 2.20. The van der Waals surface area contributed by atoms with Crippen LogP contribution in [0.5, 0.6) is 0 Å². The predicted octanol–water partition coefficient (Wildman–Crippen LogP) is 2.82. The molecule has 0 aliphatic rings. The van der Waals surface area contributed by atoms with Crippen molar-refractivity contribution in [1.82, 2.24) is 4.90 Å². The number of hydrogen-bond donors (Lipinski definition) is 1. The Balaban J connectivity index is 2.96. The Morgan fingerprint density at radius 1 is 1.44 bits per heavy atom. The van der Waals surface area contributed by atoms with Gasteiger partial charge in [0.1, 0.15) is 11.6 Å². The van der Waals surface area contributed by atoms with Crippen molar-refractivity contribution in [1.29, 1.82) is 0 Å². The smallest absolute Gasteiger partial charge is 0.317 e. The highest BCUT2D eigenvalue weighted by Crippen LogP contribution is 2.23. The highest BCUT2D eigenvalue weighted by atomic mass is 19.1. The molecule has 1 N–H and O–H groups in total. The maximum atomic E-state index is 13.6. The summed E-state index contributed by atoms with van der Waals surface area (Å²) in [5.41, 5.74) is 0.185. The third-order valence-electron chi connectivity index (χ3n) is 2.81. The van der Waals surface area contributed by atoms with E-state index < -0.39 is 23.6 Å². The summed E-state index contributed by atoms with van der Waals surface area (Å²) in [6.07, 6.45) is 0.745. The fourth-order valence-electron chi connectivity index (χ4n) is 1.90. The average Bonchev–Trinajstić information content (AvgIpc) is 2.30. The molecule has 0 aromatic heterocycles. The zero-order chi connectivity index (χ0) is 13.7. The predicted molar refractivity (Wildman–Crippen MR) is 64.3 cm³/mol. The van der Waals surface area contributed by atoms with Gasteiger partial charge in [-0.2, -0.15) is 0 Å². The average molecular weight is 257 g/mol. The van der Waals surface area contributed by atoms with Crippen LogP contribution in [0.25, 0.3) is 0 Å². The van der Waals surface area contributed by atoms with Gasteiger partial charge in [0.2, 0.25) is 0 Å². The molecule has 1 aromatic carbocycles. The van der Waals surface area contributed by atoms with Crippen molar-refractivity contribution in [2.45, 2.75) is 26.3 Å². The van der Waals surface area contributed by atoms with Crippen LogP contribution in [-0.2, 0) is 4.79 Å². The lowest BCUT2D eigenvalue weighted by Gasteiger charge is -2.27. The zero-order valence-electron chi connectivity index (χ0n) is 10.5. The standard InChI is InChI=1S/C13H17F2NO2/c1-3-6-16(8-13(17)18)9(2)11-7-10(14)4-5-12(11)15/h4-5,7,9H,3,6,8H2,1-2H3,(H,17,18). The Kier molecular flexibility index (Phi) is 5.22. The van der Waals surface area contributed by atoms with Gasteiger partial charge in [-0.05, 0) is 38.1 Å². The first-order chi connectivity index (χ1) is 8.45. The largest absolute Gasteiger partial charge is 0.480 e. The van der Waals surface area contributed by atoms with E-state index in [-0.39, 0.29) is 12.1 Å². The maximum absolute atomic E-state index is 13.6. The molecule has 0 aliphatic heterocycles. The van der Waals surface area contributed by atoms with E-state index in [0.717, 1.165) is 24.6 Å². The molecule has 5 heteroatoms. The number of hydrogen-bond acceptors (Lipinski definition) is 2. The molecule has 0 saturated heterocycles. The molecule has 100 valence electrons. The SMILES string of the molecule is CCCN(CC(=O)O)C(C)c1cc(F)ccc1F. The highest BCUT2D eigenvalue weighted by molar-refractivity contribution is 5.69. The first-order valence-electron chi connectivity index (χ1n) is 5.86. The van der Waals surface area contributed by atoms with Gasteiger partial charge in [-0.1, -0.05) is 6.92 Å². The Labute approximate surface area is 105 Å². The van der Waals surface area contributed by atoms with Gasteiger partial charge in [0.15, 0.2) is 0 Å². The molecule has 1 rings (SSSR count). The fourth-order valence-corrected chi connectivity index (χ4v) is 1.90. The van der Waals surface area contributed by atoms with E-state index in [2.05, 4.69) is 0 Å². The van der Waals surface area contributed by atoms with E-state index in [1.54, 1.807) is 11.8 Å². The van der Waals surface area contributed by atoms with Crippen LogP contribution in [0.4, 0.5) is 8.78 Å². The van der Waals surface area contributed by atoms with Crippen molar-refractivity contribution in [2.75, 3.05) is 13.1 Å². The number of carbonyl (C=O) groups is 1. The molecule has 0 heterocycles. The van der Waals surface area contributed by atoms with E-state index >= 15 is 0 Å². The van der Waals surface area contributed by atoms with Crippen LogP contribution in [0.2, 0.25) is 0 Å². The van der Waals surface area contributed by atoms with Gasteiger partial charge in [0.05, 0.1) is 6.54 Å². The van der Waals surface area contributed by atoms with Crippen LogP contribution in [0, 0.1) is 11.6 Å². The number of rotatable bonds is 6. The van der Waals surface area contributed by atoms with Gasteiger partial charge >= 0.3 is 5.97 Å². The Morgan fingerprint density at radius 2 is 2.11 bits per heavy atom. The van der Waals surface area contributed by atoms with Gasteiger partial charge in [-0.15, -0.1) is 0 Å². The normalized spacial score (nSPS) is 12.7. The Morgan fingerprint density at radius 3 is 2.67 bits per heavy atom. The van der Waals surface area contributed by atoms with Gasteiger partial charge in [0, 0.05) is 11.6 Å². The quantitative estimate of drug-likeness (QED) is 0.852. The van der Waals surface area contributed by atoms with Crippen molar-refractivity contribution < 1.29 is 18.7 Å². The van der Waals surface area contributed by atoms with E-state index in [0.29, 0.717) is 6.54 Å². The van der Waals surface area contributed by atoms with E-state index in [9.17, 15) is 13.6 Å². The van der Waals surface area contributed by atoms with Crippen molar-refractivity contribution >= 4 is 5.97 Å². The fraction of sp³-hybridized carbons (Fsp3) is 0.462. The number of carboxylic acids is 1. The Bertz CT molecular complexity index is 423. The summed E-state index contributed by atoms with van der Waals surface area (Å²) >= 11 is 0. The zero-order valence-corrected chi connectivity index (χ0v) is 10.5. The third kappa shape index (κ3) is 3.77. The molecule has 3 nitrogen and oxygen atoms in total. The number of carboxylic acid groups (broad SMARTS) is 1. The summed E-state index contributed by atoms with van der Waals surface area (Å²) in [7, 11) is 0. The molecule has 0 fully saturated rings. The van der Waals surface area contributed by atoms with Crippen LogP contribution < -0.4 is 0 Å². The second kappa shape index (κ2) is 6.44. The molecule has 0 amide bonds. The molecule has 18 heavy (non-hydrogen) atoms. The molecule has 0 aliphatic carbocycles. The topological polar surface area (TPSA) is 40.5 Å². The molecular weight excluding hydrogens is 240 g/mol. The van der Waals surface area contributed by atoms with E-state index in [4.69, 9.17) is 5.11 Å². The number of nitrogens with zero attached hydrogens (tertiary/aromatic N) is 1. The van der Waals surface area contributed by atoms with Gasteiger partial charge in [-0.25, -0.2) is 8.78 Å². The molecule has 1 atom stereocenters. The van der Waals surface area contributed by atoms with Gasteiger partial charge < -0.3 is 5.11 Å². The number of benzene rings is 1. The molecule has 0 saturated carbocycles. The number of halogens is 2. The first-order valence-corrected chi connectivity index (χ1v) is 5.86. The second-order valence-corrected chi connectivity index (χ2v) is 4.21. The van der Waals surface area contributed by atoms with Crippen LogP contribution in [0.3, 0.4) is 0 Å². The monoisotopic (exact) mass is 257 g/mol. The van der Waals surface area contributed by atoms with E-state index in [1.807, 2.05) is 6.92 Å². The second-order valence-electron chi connectivity index (χ2n) is 4.21. The molecule has 1 aromatic rings. The van der Waals surface area contributed by atoms with Crippen molar-refractivity contribution in [3.8, 4) is 0 Å². The summed E-state index contributed by atoms with van der Waals surface area (Å²) in [5, 5.41) is 8.82. The minimum atomic E-state index is -0.980. The lowest BCUT2D eigenvalue weighted by atomic mass is 10.1. The van der Waals surface area contributed by atoms with Crippen molar-refractivity contribution in [3.05, 3.63) is 35.4 Å². The lowest BCUT2D eigenvalue weighted by molar-refractivity contribution is -0.138. The Hall–Kier alpha value is -1.49. The number of aliphatic carboxylic acids is 1. The summed E-state index contributed by atoms with van der Waals surface area (Å²) in [5.74, 6) is -2.02. The summed E-state index contributed by atoms with van der Waals surface area (Å²) in [4.78, 5) is 12.4. The first kappa shape index (κ1) is 14.6. The molecule has 0 bridgehead atoms.